The number of nitrogens with two attached hydrogens (primary N) is 1. The van der Waals surface area contributed by atoms with E-state index in [0.717, 1.165) is 34.2 Å². The highest BCUT2D eigenvalue weighted by atomic mass is 32.2. The number of aromatic nitrogens is 2. The van der Waals surface area contributed by atoms with Crippen LogP contribution in [-0.4, -0.2) is 28.1 Å². The van der Waals surface area contributed by atoms with Gasteiger partial charge in [0.05, 0.1) is 12.0 Å². The summed E-state index contributed by atoms with van der Waals surface area (Å²) >= 11 is 3.45. The minimum Gasteiger partial charge on any atom is -0.368 e. The second kappa shape index (κ2) is 4.77. The number of anilines is 1. The summed E-state index contributed by atoms with van der Waals surface area (Å²) in [5.74, 6) is 8.83. The molecule has 3 heterocycles. The van der Waals surface area contributed by atoms with E-state index >= 15 is 0 Å². The number of hydrazine groups is 1. The average Bonchev–Trinajstić information content (AvgIpc) is 2.86. The van der Waals surface area contributed by atoms with Crippen LogP contribution in [0.3, 0.4) is 0 Å². The van der Waals surface area contributed by atoms with Gasteiger partial charge in [-0.05, 0) is 11.4 Å². The van der Waals surface area contributed by atoms with E-state index in [-0.39, 0.29) is 6.10 Å². The molecule has 0 amide bonds. The molecule has 1 atom stereocenters. The first-order valence-corrected chi connectivity index (χ1v) is 7.33. The molecule has 2 aromatic rings. The van der Waals surface area contributed by atoms with Crippen molar-refractivity contribution in [1.82, 2.24) is 9.97 Å². The van der Waals surface area contributed by atoms with Gasteiger partial charge in [0.15, 0.2) is 11.6 Å². The maximum absolute atomic E-state index is 5.68. The van der Waals surface area contributed by atoms with Crippen molar-refractivity contribution >= 4 is 39.1 Å². The van der Waals surface area contributed by atoms with E-state index in [2.05, 4.69) is 15.4 Å². The van der Waals surface area contributed by atoms with E-state index in [1.54, 1.807) is 11.3 Å². The van der Waals surface area contributed by atoms with Crippen molar-refractivity contribution in [3.8, 4) is 0 Å². The Hall–Kier alpha value is -0.890. The van der Waals surface area contributed by atoms with Gasteiger partial charge in [0, 0.05) is 11.5 Å². The molecular weight excluding hydrogens is 256 g/mol. The van der Waals surface area contributed by atoms with Gasteiger partial charge in [-0.25, -0.2) is 15.8 Å². The summed E-state index contributed by atoms with van der Waals surface area (Å²) in [6, 6.07) is 1.97. The van der Waals surface area contributed by atoms with Crippen molar-refractivity contribution in [3.05, 3.63) is 17.3 Å². The lowest BCUT2D eigenvalue weighted by Gasteiger charge is -2.21. The quantitative estimate of drug-likeness (QED) is 0.639. The van der Waals surface area contributed by atoms with E-state index in [9.17, 15) is 0 Å². The van der Waals surface area contributed by atoms with Gasteiger partial charge < -0.3 is 10.2 Å². The highest BCUT2D eigenvalue weighted by Crippen LogP contribution is 2.29. The van der Waals surface area contributed by atoms with Crippen LogP contribution >= 0.6 is 23.1 Å². The van der Waals surface area contributed by atoms with Gasteiger partial charge in [-0.1, -0.05) is 0 Å². The monoisotopic (exact) mass is 268 g/mol. The van der Waals surface area contributed by atoms with E-state index < -0.39 is 0 Å². The van der Waals surface area contributed by atoms with Gasteiger partial charge in [0.25, 0.3) is 0 Å². The van der Waals surface area contributed by atoms with Crippen molar-refractivity contribution in [2.45, 2.75) is 6.10 Å². The second-order valence-corrected chi connectivity index (χ2v) is 5.69. The highest BCUT2D eigenvalue weighted by molar-refractivity contribution is 7.99. The Labute approximate surface area is 107 Å². The first-order valence-electron chi connectivity index (χ1n) is 5.29. The molecular formula is C10H12N4OS2. The van der Waals surface area contributed by atoms with Crippen molar-refractivity contribution < 1.29 is 4.74 Å². The fourth-order valence-corrected chi connectivity index (χ4v) is 3.37. The highest BCUT2D eigenvalue weighted by Gasteiger charge is 2.21. The lowest BCUT2D eigenvalue weighted by molar-refractivity contribution is 0.0698. The van der Waals surface area contributed by atoms with Crippen LogP contribution in [0.5, 0.6) is 0 Å². The van der Waals surface area contributed by atoms with E-state index in [1.807, 2.05) is 23.2 Å². The summed E-state index contributed by atoms with van der Waals surface area (Å²) in [6.07, 6.45) is -0.0210. The Morgan fingerprint density at radius 2 is 2.41 bits per heavy atom. The number of hydrogen-bond donors (Lipinski definition) is 2. The first kappa shape index (κ1) is 11.2. The normalized spacial score (nSPS) is 20.6. The molecule has 7 heteroatoms. The number of rotatable bonds is 2. The Bertz CT molecular complexity index is 524. The van der Waals surface area contributed by atoms with Crippen LogP contribution in [0.15, 0.2) is 11.4 Å². The van der Waals surface area contributed by atoms with Crippen LogP contribution in [0.2, 0.25) is 0 Å². The van der Waals surface area contributed by atoms with Crippen LogP contribution < -0.4 is 11.3 Å². The first-order chi connectivity index (χ1) is 8.38. The third kappa shape index (κ3) is 2.11. The Balaban J connectivity index is 2.03. The molecule has 0 bridgehead atoms. The number of nitrogens with zero attached hydrogens (tertiary/aromatic N) is 2. The summed E-state index contributed by atoms with van der Waals surface area (Å²) in [6.45, 7) is 0.757. The van der Waals surface area contributed by atoms with Gasteiger partial charge in [0.2, 0.25) is 0 Å². The fraction of sp³-hybridized carbons (Fsp3) is 0.400. The molecule has 5 nitrogen and oxygen atoms in total. The van der Waals surface area contributed by atoms with Crippen LogP contribution in [-0.2, 0) is 4.74 Å². The predicted octanol–water partition coefficient (Wildman–Crippen LogP) is 1.78. The molecule has 2 aromatic heterocycles. The van der Waals surface area contributed by atoms with Crippen molar-refractivity contribution in [3.63, 3.8) is 0 Å². The Morgan fingerprint density at radius 3 is 3.18 bits per heavy atom. The molecule has 0 aliphatic carbocycles. The van der Waals surface area contributed by atoms with Gasteiger partial charge in [0.1, 0.15) is 10.9 Å². The maximum Gasteiger partial charge on any atom is 0.162 e. The Morgan fingerprint density at radius 1 is 1.47 bits per heavy atom. The summed E-state index contributed by atoms with van der Waals surface area (Å²) in [5.41, 5.74) is 2.63. The van der Waals surface area contributed by atoms with Crippen molar-refractivity contribution in [2.75, 3.05) is 23.5 Å². The SMILES string of the molecule is NNc1nc(C2CSCCO2)nc2sccc12. The smallest absolute Gasteiger partial charge is 0.162 e. The van der Waals surface area contributed by atoms with E-state index in [0.29, 0.717) is 5.82 Å². The van der Waals surface area contributed by atoms with Gasteiger partial charge in [-0.2, -0.15) is 11.8 Å². The molecule has 0 spiro atoms. The number of thiophene rings is 1. The number of thioether (sulfide) groups is 1. The zero-order valence-corrected chi connectivity index (χ0v) is 10.7. The summed E-state index contributed by atoms with van der Waals surface area (Å²) in [7, 11) is 0. The molecule has 1 unspecified atom stereocenters. The molecule has 0 radical (unpaired) electrons. The standard InChI is InChI=1S/C10H12N4OS2/c11-14-8-6-1-3-17-10(6)13-9(12-8)7-5-16-4-2-15-7/h1,3,7H,2,4-5,11H2,(H,12,13,14). The lowest BCUT2D eigenvalue weighted by atomic mass is 10.3. The zero-order chi connectivity index (χ0) is 11.7. The molecule has 3 N–H and O–H groups in total. The molecule has 90 valence electrons. The van der Waals surface area contributed by atoms with E-state index in [1.165, 1.54) is 0 Å². The summed E-state index contributed by atoms with van der Waals surface area (Å²) < 4.78 is 5.68. The molecule has 1 fully saturated rings. The van der Waals surface area contributed by atoms with Crippen LogP contribution in [0.4, 0.5) is 5.82 Å². The number of hydrogen-bond acceptors (Lipinski definition) is 7. The maximum atomic E-state index is 5.68. The molecule has 1 saturated heterocycles. The van der Waals surface area contributed by atoms with Gasteiger partial charge in [-0.15, -0.1) is 11.3 Å². The average molecular weight is 268 g/mol. The summed E-state index contributed by atoms with van der Waals surface area (Å²) in [4.78, 5) is 9.92. The second-order valence-electron chi connectivity index (χ2n) is 3.65. The van der Waals surface area contributed by atoms with E-state index in [4.69, 9.17) is 10.6 Å². The minimum absolute atomic E-state index is 0.0210. The predicted molar refractivity (Wildman–Crippen MR) is 71.2 cm³/mol. The molecule has 1 aliphatic heterocycles. The fourth-order valence-electron chi connectivity index (χ4n) is 1.76. The topological polar surface area (TPSA) is 73.1 Å². The van der Waals surface area contributed by atoms with Gasteiger partial charge in [-0.3, -0.25) is 0 Å². The third-order valence-corrected chi connectivity index (χ3v) is 4.38. The minimum atomic E-state index is -0.0210. The largest absolute Gasteiger partial charge is 0.368 e. The number of nitrogens with one attached hydrogen (secondary N) is 1. The lowest BCUT2D eigenvalue weighted by Crippen LogP contribution is -2.19. The number of fused-ring (bicyclic) bond motifs is 1. The molecule has 3 rings (SSSR count). The molecule has 17 heavy (non-hydrogen) atoms. The zero-order valence-electron chi connectivity index (χ0n) is 9.05. The molecule has 0 saturated carbocycles. The van der Waals surface area contributed by atoms with Crippen molar-refractivity contribution in [2.24, 2.45) is 5.84 Å². The summed E-state index contributed by atoms with van der Waals surface area (Å²) in [5, 5.41) is 2.95. The number of nitrogen functional groups attached to an aromatic ring is 1. The third-order valence-electron chi connectivity index (χ3n) is 2.58. The van der Waals surface area contributed by atoms with Crippen molar-refractivity contribution in [1.29, 1.82) is 0 Å². The van der Waals surface area contributed by atoms with Crippen LogP contribution in [0, 0.1) is 0 Å². The van der Waals surface area contributed by atoms with Crippen LogP contribution in [0.1, 0.15) is 11.9 Å². The molecule has 0 aromatic carbocycles. The Kier molecular flexibility index (Phi) is 3.15. The number of ether oxygens (including phenoxy) is 1. The van der Waals surface area contributed by atoms with Crippen LogP contribution in [0.25, 0.3) is 10.2 Å². The molecule has 1 aliphatic rings. The van der Waals surface area contributed by atoms with Gasteiger partial charge >= 0.3 is 0 Å².